The van der Waals surface area contributed by atoms with Crippen LogP contribution in [0.15, 0.2) is 0 Å². The third-order valence-electron chi connectivity index (χ3n) is 3.38. The summed E-state index contributed by atoms with van der Waals surface area (Å²) in [6.07, 6.45) is 0.158. The van der Waals surface area contributed by atoms with Crippen LogP contribution in [-0.4, -0.2) is 59.8 Å². The van der Waals surface area contributed by atoms with E-state index in [1.165, 1.54) is 0 Å². The molecule has 1 fully saturated rings. The van der Waals surface area contributed by atoms with E-state index in [1.807, 2.05) is 27.7 Å². The lowest BCUT2D eigenvalue weighted by Crippen LogP contribution is -2.57. The molecule has 1 rings (SSSR count). The first kappa shape index (κ1) is 16.9. The number of aliphatic carboxylic acids is 1. The summed E-state index contributed by atoms with van der Waals surface area (Å²) in [7, 11) is 0. The topological polar surface area (TPSA) is 78.9 Å². The second-order valence-corrected chi connectivity index (χ2v) is 5.83. The van der Waals surface area contributed by atoms with Crippen molar-refractivity contribution in [3.05, 3.63) is 0 Å². The number of hydrogen-bond donors (Lipinski definition) is 2. The molecule has 0 radical (unpaired) electrons. The van der Waals surface area contributed by atoms with Crippen molar-refractivity contribution in [1.82, 2.24) is 10.2 Å². The minimum atomic E-state index is -0.903. The predicted octanol–water partition coefficient (Wildman–Crippen LogP) is 0.711. The zero-order valence-corrected chi connectivity index (χ0v) is 12.8. The van der Waals surface area contributed by atoms with Crippen molar-refractivity contribution in [3.8, 4) is 0 Å². The molecule has 0 aliphatic carbocycles. The van der Waals surface area contributed by atoms with Gasteiger partial charge in [-0.2, -0.15) is 0 Å². The van der Waals surface area contributed by atoms with E-state index in [-0.39, 0.29) is 43.0 Å². The number of carboxylic acids is 1. The maximum absolute atomic E-state index is 12.3. The van der Waals surface area contributed by atoms with E-state index in [2.05, 4.69) is 10.2 Å². The van der Waals surface area contributed by atoms with E-state index in [0.29, 0.717) is 0 Å². The quantitative estimate of drug-likeness (QED) is 0.752. The standard InChI is InChI=1S/C14H26N2O4/c1-9(2)13(14(19)15-6-5-12(17)18)16-7-10(3)20-11(4)8-16/h9-11,13H,5-8H2,1-4H3,(H,15,19)(H,17,18)/t10-,11-,13+/m1/s1. The van der Waals surface area contributed by atoms with Crippen molar-refractivity contribution in [3.63, 3.8) is 0 Å². The van der Waals surface area contributed by atoms with Crippen LogP contribution in [0.25, 0.3) is 0 Å². The van der Waals surface area contributed by atoms with Gasteiger partial charge in [-0.25, -0.2) is 0 Å². The van der Waals surface area contributed by atoms with Gasteiger partial charge >= 0.3 is 5.97 Å². The Morgan fingerprint density at radius 3 is 2.30 bits per heavy atom. The lowest BCUT2D eigenvalue weighted by Gasteiger charge is -2.41. The Hall–Kier alpha value is -1.14. The minimum absolute atomic E-state index is 0.0491. The van der Waals surface area contributed by atoms with Gasteiger partial charge in [0.25, 0.3) is 0 Å². The second kappa shape index (κ2) is 7.59. The Bertz CT molecular complexity index is 336. The Kier molecular flexibility index (Phi) is 6.42. The highest BCUT2D eigenvalue weighted by Crippen LogP contribution is 2.18. The fraction of sp³-hybridized carbons (Fsp3) is 0.857. The zero-order chi connectivity index (χ0) is 15.3. The monoisotopic (exact) mass is 286 g/mol. The maximum atomic E-state index is 12.3. The molecule has 0 spiro atoms. The summed E-state index contributed by atoms with van der Waals surface area (Å²) >= 11 is 0. The van der Waals surface area contributed by atoms with Crippen LogP contribution in [0.2, 0.25) is 0 Å². The number of carbonyl (C=O) groups is 2. The molecule has 6 heteroatoms. The van der Waals surface area contributed by atoms with E-state index in [0.717, 1.165) is 13.1 Å². The van der Waals surface area contributed by atoms with E-state index in [9.17, 15) is 9.59 Å². The predicted molar refractivity (Wildman–Crippen MR) is 75.5 cm³/mol. The first-order chi connectivity index (χ1) is 9.31. The Balaban J connectivity index is 2.63. The van der Waals surface area contributed by atoms with Crippen LogP contribution in [-0.2, 0) is 14.3 Å². The van der Waals surface area contributed by atoms with Gasteiger partial charge in [-0.15, -0.1) is 0 Å². The van der Waals surface area contributed by atoms with E-state index >= 15 is 0 Å². The number of nitrogens with zero attached hydrogens (tertiary/aromatic N) is 1. The van der Waals surface area contributed by atoms with Crippen molar-refractivity contribution in [2.45, 2.75) is 52.4 Å². The average Bonchev–Trinajstić information content (AvgIpc) is 2.26. The maximum Gasteiger partial charge on any atom is 0.305 e. The van der Waals surface area contributed by atoms with E-state index in [1.54, 1.807) is 0 Å². The summed E-state index contributed by atoms with van der Waals surface area (Å²) < 4.78 is 5.69. The zero-order valence-electron chi connectivity index (χ0n) is 12.8. The molecule has 0 aromatic rings. The highest BCUT2D eigenvalue weighted by molar-refractivity contribution is 5.82. The van der Waals surface area contributed by atoms with Gasteiger partial charge in [0, 0.05) is 19.6 Å². The van der Waals surface area contributed by atoms with Crippen molar-refractivity contribution in [2.24, 2.45) is 5.92 Å². The van der Waals surface area contributed by atoms with Gasteiger partial charge in [-0.05, 0) is 19.8 Å². The Morgan fingerprint density at radius 1 is 1.30 bits per heavy atom. The number of carbonyl (C=O) groups excluding carboxylic acids is 1. The van der Waals surface area contributed by atoms with Gasteiger partial charge in [-0.1, -0.05) is 13.8 Å². The van der Waals surface area contributed by atoms with Crippen LogP contribution in [0.1, 0.15) is 34.1 Å². The van der Waals surface area contributed by atoms with Gasteiger partial charge in [0.05, 0.1) is 24.7 Å². The molecule has 0 saturated carbocycles. The third-order valence-corrected chi connectivity index (χ3v) is 3.38. The van der Waals surface area contributed by atoms with Crippen molar-refractivity contribution in [1.29, 1.82) is 0 Å². The number of morpholine rings is 1. The summed E-state index contributed by atoms with van der Waals surface area (Å²) in [5.41, 5.74) is 0. The molecule has 2 N–H and O–H groups in total. The summed E-state index contributed by atoms with van der Waals surface area (Å²) in [6, 6.07) is -0.238. The molecule has 3 atom stereocenters. The van der Waals surface area contributed by atoms with Crippen LogP contribution in [0, 0.1) is 5.92 Å². The van der Waals surface area contributed by atoms with Crippen LogP contribution in [0.4, 0.5) is 0 Å². The average molecular weight is 286 g/mol. The van der Waals surface area contributed by atoms with Gasteiger partial charge < -0.3 is 15.2 Å². The van der Waals surface area contributed by atoms with Crippen LogP contribution >= 0.6 is 0 Å². The smallest absolute Gasteiger partial charge is 0.305 e. The molecule has 20 heavy (non-hydrogen) atoms. The number of ether oxygens (including phenoxy) is 1. The molecule has 0 aromatic carbocycles. The highest BCUT2D eigenvalue weighted by atomic mass is 16.5. The van der Waals surface area contributed by atoms with Crippen LogP contribution in [0.3, 0.4) is 0 Å². The van der Waals surface area contributed by atoms with Crippen molar-refractivity contribution < 1.29 is 19.4 Å². The molecule has 116 valence electrons. The van der Waals surface area contributed by atoms with Gasteiger partial charge in [0.1, 0.15) is 0 Å². The molecule has 0 bridgehead atoms. The highest BCUT2D eigenvalue weighted by Gasteiger charge is 2.33. The number of hydrogen-bond acceptors (Lipinski definition) is 4. The second-order valence-electron chi connectivity index (χ2n) is 5.83. The van der Waals surface area contributed by atoms with Crippen LogP contribution < -0.4 is 5.32 Å². The van der Waals surface area contributed by atoms with E-state index < -0.39 is 5.97 Å². The lowest BCUT2D eigenvalue weighted by molar-refractivity contribution is -0.137. The molecule has 0 unspecified atom stereocenters. The lowest BCUT2D eigenvalue weighted by atomic mass is 9.99. The normalized spacial score (nSPS) is 25.4. The van der Waals surface area contributed by atoms with Gasteiger partial charge in [-0.3, -0.25) is 14.5 Å². The van der Waals surface area contributed by atoms with Crippen molar-refractivity contribution in [2.75, 3.05) is 19.6 Å². The fourth-order valence-electron chi connectivity index (χ4n) is 2.73. The minimum Gasteiger partial charge on any atom is -0.481 e. The number of amides is 1. The molecule has 1 aliphatic heterocycles. The first-order valence-corrected chi connectivity index (χ1v) is 7.20. The number of nitrogens with one attached hydrogen (secondary N) is 1. The molecule has 6 nitrogen and oxygen atoms in total. The molecule has 1 amide bonds. The Morgan fingerprint density at radius 2 is 1.85 bits per heavy atom. The van der Waals surface area contributed by atoms with E-state index in [4.69, 9.17) is 9.84 Å². The molecular formula is C14H26N2O4. The molecular weight excluding hydrogens is 260 g/mol. The van der Waals surface area contributed by atoms with Gasteiger partial charge in [0.2, 0.25) is 5.91 Å². The summed E-state index contributed by atoms with van der Waals surface area (Å²) in [5, 5.41) is 11.3. The Labute approximate surface area is 120 Å². The largest absolute Gasteiger partial charge is 0.481 e. The number of carboxylic acid groups (broad SMARTS) is 1. The molecule has 1 saturated heterocycles. The SMILES string of the molecule is CC(C)[C@@H](C(=O)NCCC(=O)O)N1C[C@@H](C)O[C@H](C)C1. The summed E-state index contributed by atoms with van der Waals surface area (Å²) in [5.74, 6) is -0.833. The molecule has 0 aromatic heterocycles. The van der Waals surface area contributed by atoms with Crippen molar-refractivity contribution >= 4 is 11.9 Å². The summed E-state index contributed by atoms with van der Waals surface area (Å²) in [6.45, 7) is 9.63. The van der Waals surface area contributed by atoms with Gasteiger partial charge in [0.15, 0.2) is 0 Å². The number of rotatable bonds is 6. The van der Waals surface area contributed by atoms with Crippen LogP contribution in [0.5, 0.6) is 0 Å². The summed E-state index contributed by atoms with van der Waals surface area (Å²) in [4.78, 5) is 24.9. The molecule has 1 heterocycles. The first-order valence-electron chi connectivity index (χ1n) is 7.20. The third kappa shape index (κ3) is 5.09. The fourth-order valence-corrected chi connectivity index (χ4v) is 2.73. The molecule has 1 aliphatic rings.